The minimum Gasteiger partial charge on any atom is -0.346 e. The third-order valence-corrected chi connectivity index (χ3v) is 14.1. The predicted molar refractivity (Wildman–Crippen MR) is 204 cm³/mol. The average Bonchev–Trinajstić information content (AvgIpc) is 3.43. The van der Waals surface area contributed by atoms with E-state index in [1.54, 1.807) is 36.4 Å². The monoisotopic (exact) mass is 756 g/mol. The largest absolute Gasteiger partial charge is 0.346 e. The van der Waals surface area contributed by atoms with E-state index < -0.39 is 23.1 Å². The molecule has 12 nitrogen and oxygen atoms in total. The van der Waals surface area contributed by atoms with Crippen molar-refractivity contribution in [3.8, 4) is 0 Å². The van der Waals surface area contributed by atoms with Crippen LogP contribution in [0, 0.1) is 23.7 Å². The highest BCUT2D eigenvalue weighted by atomic mass is 17.3. The van der Waals surface area contributed by atoms with Gasteiger partial charge in [0.15, 0.2) is 11.9 Å². The molecule has 55 heavy (non-hydrogen) atoms. The molecule has 12 heteroatoms. The standard InChI is InChI=1S/C43H56N4O8/c1-5-42(21-19-36(48)45-39(42)51)29-13-15-30(16-14-29)44-37(49)31-9-6-7-10-32(31)38(50)47-25-23-46(24-26-47)22-8-11-35-28(3)34-17-12-27(2)33-18-20-41(4)53-40(52-35)43(33,34)55-54-41/h6-7,9-10,13-16,27-28,33-35,40H,5,8,11-12,17-26H2,1-4H3,(H,44,49)(H,45,48,51)/t27-,28-,33?,34+,35-,40-,41?,42?,43?/m1/s1. The summed E-state index contributed by atoms with van der Waals surface area (Å²) >= 11 is 0. The van der Waals surface area contributed by atoms with Gasteiger partial charge in [0.25, 0.3) is 11.8 Å². The van der Waals surface area contributed by atoms with Crippen LogP contribution in [-0.4, -0.2) is 89.9 Å². The normalized spacial score (nSPS) is 36.1. The summed E-state index contributed by atoms with van der Waals surface area (Å²) in [7, 11) is 0. The fraction of sp³-hybridized carbons (Fsp3) is 0.628. The summed E-state index contributed by atoms with van der Waals surface area (Å²) in [5.41, 5.74) is 0.729. The molecular formula is C43H56N4O8. The van der Waals surface area contributed by atoms with Crippen molar-refractivity contribution in [1.82, 2.24) is 15.1 Å². The molecule has 7 fully saturated rings. The van der Waals surface area contributed by atoms with Gasteiger partial charge < -0.3 is 19.7 Å². The molecule has 0 radical (unpaired) electrons. The van der Waals surface area contributed by atoms with Crippen LogP contribution in [0.3, 0.4) is 0 Å². The Bertz CT molecular complexity index is 1800. The van der Waals surface area contributed by atoms with Crippen LogP contribution in [0.2, 0.25) is 0 Å². The highest BCUT2D eigenvalue weighted by Crippen LogP contribution is 2.60. The zero-order valence-electron chi connectivity index (χ0n) is 32.6. The minimum atomic E-state index is -0.780. The minimum absolute atomic E-state index is 0.0861. The molecule has 6 saturated heterocycles. The molecule has 1 saturated carbocycles. The van der Waals surface area contributed by atoms with E-state index >= 15 is 0 Å². The maximum absolute atomic E-state index is 13.8. The number of imide groups is 1. The van der Waals surface area contributed by atoms with E-state index in [1.807, 2.05) is 30.9 Å². The van der Waals surface area contributed by atoms with E-state index in [0.717, 1.165) is 57.3 Å². The smallest absolute Gasteiger partial charge is 0.256 e. The highest BCUT2D eigenvalue weighted by Gasteiger charge is 2.69. The van der Waals surface area contributed by atoms with E-state index in [0.29, 0.717) is 66.4 Å². The van der Waals surface area contributed by atoms with E-state index in [4.69, 9.17) is 19.2 Å². The van der Waals surface area contributed by atoms with E-state index in [-0.39, 0.29) is 36.2 Å². The molecule has 4 unspecified atom stereocenters. The number of rotatable bonds is 9. The Labute approximate surface area is 323 Å². The molecule has 2 aromatic rings. The first-order valence-corrected chi connectivity index (χ1v) is 20.5. The van der Waals surface area contributed by atoms with Gasteiger partial charge >= 0.3 is 0 Å². The molecule has 9 atom stereocenters. The number of nitrogens with one attached hydrogen (secondary N) is 2. The summed E-state index contributed by atoms with van der Waals surface area (Å²) in [4.78, 5) is 68.5. The molecule has 296 valence electrons. The van der Waals surface area contributed by atoms with Crippen LogP contribution < -0.4 is 10.6 Å². The van der Waals surface area contributed by atoms with Crippen molar-refractivity contribution in [3.05, 3.63) is 65.2 Å². The lowest BCUT2D eigenvalue weighted by atomic mass is 9.57. The van der Waals surface area contributed by atoms with Gasteiger partial charge in [0.2, 0.25) is 17.6 Å². The van der Waals surface area contributed by atoms with E-state index in [9.17, 15) is 19.2 Å². The van der Waals surface area contributed by atoms with Crippen molar-refractivity contribution in [3.63, 3.8) is 0 Å². The molecule has 1 aliphatic carbocycles. The van der Waals surface area contributed by atoms with Gasteiger partial charge in [0, 0.05) is 50.6 Å². The fourth-order valence-corrected chi connectivity index (χ4v) is 10.7. The number of carbonyl (C=O) groups excluding carboxylic acids is 4. The third-order valence-electron chi connectivity index (χ3n) is 14.1. The second kappa shape index (κ2) is 15.0. The van der Waals surface area contributed by atoms with Crippen LogP contribution in [-0.2, 0) is 34.3 Å². The Morgan fingerprint density at radius 3 is 2.38 bits per heavy atom. The molecule has 0 aromatic heterocycles. The SMILES string of the molecule is CCC1(c2ccc(NC(=O)c3ccccc3C(=O)N3CCN(CCC[C@H]4O[C@@H]5OC6(C)CCC7[C@H](C)CC[C@@H]([C@H]4C)C75OO6)CC3)cc2)CCC(=O)NC1=O. The van der Waals surface area contributed by atoms with Gasteiger partial charge in [-0.1, -0.05) is 45.0 Å². The van der Waals surface area contributed by atoms with Crippen LogP contribution in [0.25, 0.3) is 0 Å². The lowest BCUT2D eigenvalue weighted by molar-refractivity contribution is -0.571. The van der Waals surface area contributed by atoms with Crippen LogP contribution in [0.15, 0.2) is 48.5 Å². The van der Waals surface area contributed by atoms with Gasteiger partial charge in [-0.15, -0.1) is 0 Å². The first kappa shape index (κ1) is 38.2. The second-order valence-electron chi connectivity index (χ2n) is 17.1. The van der Waals surface area contributed by atoms with Gasteiger partial charge in [0.05, 0.1) is 22.6 Å². The Morgan fingerprint density at radius 2 is 1.65 bits per heavy atom. The Morgan fingerprint density at radius 1 is 0.909 bits per heavy atom. The number of piperidine rings is 1. The highest BCUT2D eigenvalue weighted by molar-refractivity contribution is 6.12. The number of anilines is 1. The summed E-state index contributed by atoms with van der Waals surface area (Å²) in [6.45, 7) is 12.2. The van der Waals surface area contributed by atoms with Crippen LogP contribution >= 0.6 is 0 Å². The predicted octanol–water partition coefficient (Wildman–Crippen LogP) is 5.81. The zero-order chi connectivity index (χ0) is 38.5. The topological polar surface area (TPSA) is 136 Å². The number of ether oxygens (including phenoxy) is 2. The van der Waals surface area contributed by atoms with Gasteiger partial charge in [-0.2, -0.15) is 0 Å². The van der Waals surface area contributed by atoms with Gasteiger partial charge in [-0.3, -0.25) is 29.4 Å². The summed E-state index contributed by atoms with van der Waals surface area (Å²) in [5, 5.41) is 5.41. The van der Waals surface area contributed by atoms with E-state index in [1.165, 1.54) is 6.42 Å². The second-order valence-corrected chi connectivity index (χ2v) is 17.1. The number of hydrogen-bond donors (Lipinski definition) is 2. The van der Waals surface area contributed by atoms with Crippen molar-refractivity contribution in [2.75, 3.05) is 38.0 Å². The lowest BCUT2D eigenvalue weighted by Crippen LogP contribution is -2.70. The van der Waals surface area contributed by atoms with Crippen LogP contribution in [0.5, 0.6) is 0 Å². The summed E-state index contributed by atoms with van der Waals surface area (Å²) in [5.74, 6) is -0.263. The van der Waals surface area contributed by atoms with Crippen molar-refractivity contribution in [1.29, 1.82) is 0 Å². The van der Waals surface area contributed by atoms with Crippen molar-refractivity contribution < 1.29 is 38.4 Å². The quantitative estimate of drug-likeness (QED) is 0.240. The molecule has 6 aliphatic heterocycles. The molecule has 4 amide bonds. The molecule has 2 bridgehead atoms. The zero-order valence-corrected chi connectivity index (χ0v) is 32.6. The van der Waals surface area contributed by atoms with Gasteiger partial charge in [-0.25, -0.2) is 9.78 Å². The number of nitrogens with zero attached hydrogens (tertiary/aromatic N) is 2. The van der Waals surface area contributed by atoms with E-state index in [2.05, 4.69) is 29.4 Å². The number of hydrogen-bond acceptors (Lipinski definition) is 9. The van der Waals surface area contributed by atoms with Gasteiger partial charge in [0.1, 0.15) is 0 Å². The summed E-state index contributed by atoms with van der Waals surface area (Å²) < 4.78 is 13.4. The summed E-state index contributed by atoms with van der Waals surface area (Å²) in [6.07, 6.45) is 7.02. The molecule has 2 aromatic carbocycles. The number of piperazine rings is 1. The Balaban J connectivity index is 0.842. The van der Waals surface area contributed by atoms with Crippen molar-refractivity contribution in [2.45, 2.75) is 115 Å². The van der Waals surface area contributed by atoms with Crippen molar-refractivity contribution in [2.24, 2.45) is 23.7 Å². The molecular weight excluding hydrogens is 700 g/mol. The molecule has 2 N–H and O–H groups in total. The maximum Gasteiger partial charge on any atom is 0.256 e. The number of fused-ring (bicyclic) bond motifs is 2. The number of benzene rings is 2. The first-order chi connectivity index (χ1) is 26.5. The maximum atomic E-state index is 13.8. The lowest BCUT2D eigenvalue weighted by Gasteiger charge is -2.60. The first-order valence-electron chi connectivity index (χ1n) is 20.5. The van der Waals surface area contributed by atoms with Gasteiger partial charge in [-0.05, 0) is 106 Å². The number of carbonyl (C=O) groups is 4. The molecule has 9 rings (SSSR count). The number of amides is 4. The van der Waals surface area contributed by atoms with Crippen LogP contribution in [0.1, 0.15) is 112 Å². The fourth-order valence-electron chi connectivity index (χ4n) is 10.7. The summed E-state index contributed by atoms with van der Waals surface area (Å²) in [6, 6.07) is 14.1. The Kier molecular flexibility index (Phi) is 10.4. The molecule has 7 aliphatic rings. The van der Waals surface area contributed by atoms with Crippen LogP contribution in [0.4, 0.5) is 5.69 Å². The van der Waals surface area contributed by atoms with Crippen molar-refractivity contribution >= 4 is 29.3 Å². The molecule has 1 spiro atoms. The average molecular weight is 757 g/mol. The Hall–Kier alpha value is -3.68. The third kappa shape index (κ3) is 6.81. The molecule has 6 heterocycles.